The average Bonchev–Trinajstić information content (AvgIpc) is 3.26. The van der Waals surface area contributed by atoms with Crippen LogP contribution in [-0.2, 0) is 27.9 Å². The summed E-state index contributed by atoms with van der Waals surface area (Å²) in [5.74, 6) is -0.414. The van der Waals surface area contributed by atoms with Crippen LogP contribution in [0.15, 0.2) is 72.9 Å². The van der Waals surface area contributed by atoms with Crippen LogP contribution >= 0.6 is 7.82 Å². The maximum atomic E-state index is 12.7. The minimum atomic E-state index is -4.54. The van der Waals surface area contributed by atoms with Gasteiger partial charge in [0.2, 0.25) is 0 Å². The molecule has 0 rings (SSSR count). The normalized spacial score (nSPS) is 14.5. The molecule has 0 aromatic carbocycles. The van der Waals surface area contributed by atoms with E-state index in [9.17, 15) is 19.4 Å². The predicted octanol–water partition coefficient (Wildman–Crippen LogP) is 14.5. The molecule has 3 atom stereocenters. The van der Waals surface area contributed by atoms with Gasteiger partial charge in [-0.2, -0.15) is 0 Å². The number of phosphoric acid groups is 1. The standard InChI is InChI=1S/C52H93O9P/c1-3-5-7-9-11-13-15-17-19-21-23-24-25-27-29-31-33-35-37-39-41-43-45-58-48-51(49-60-62(56,57)59-47-50(54)46-53)61-52(55)44-42-40-38-36-34-32-30-28-26-22-20-18-16-14-12-10-8-6-4-2/h6,8,12,14,18,20-21,23,26,28,32,34,50-51,53-54H,3-5,7,9-11,13,15-17,19,22,24-25,27,29-31,33,35-49H2,1-2H3,(H,56,57)/b8-6-,14-12-,20-18-,23-21-,28-26-,34-32-. The number of carbonyl (C=O) groups excluding carboxylic acids is 1. The fourth-order valence-corrected chi connectivity index (χ4v) is 7.40. The quantitative estimate of drug-likeness (QED) is 0.0236. The van der Waals surface area contributed by atoms with Crippen LogP contribution in [0.25, 0.3) is 0 Å². The molecule has 0 radical (unpaired) electrons. The highest BCUT2D eigenvalue weighted by Gasteiger charge is 2.26. The number of phosphoric ester groups is 1. The molecule has 62 heavy (non-hydrogen) atoms. The van der Waals surface area contributed by atoms with E-state index < -0.39 is 45.8 Å². The van der Waals surface area contributed by atoms with Crippen LogP contribution in [-0.4, -0.2) is 66.3 Å². The van der Waals surface area contributed by atoms with Crippen molar-refractivity contribution < 1.29 is 43.0 Å². The number of unbranched alkanes of at least 4 members (excludes halogenated alkanes) is 21. The zero-order valence-corrected chi connectivity index (χ0v) is 40.5. The third-order valence-electron chi connectivity index (χ3n) is 10.4. The molecule has 0 amide bonds. The topological polar surface area (TPSA) is 132 Å². The highest BCUT2D eigenvalue weighted by molar-refractivity contribution is 7.47. The van der Waals surface area contributed by atoms with E-state index in [0.717, 1.165) is 70.6 Å². The summed E-state index contributed by atoms with van der Waals surface area (Å²) >= 11 is 0. The highest BCUT2D eigenvalue weighted by Crippen LogP contribution is 2.43. The van der Waals surface area contributed by atoms with E-state index in [4.69, 9.17) is 23.6 Å². The maximum Gasteiger partial charge on any atom is 0.472 e. The number of hydrogen-bond acceptors (Lipinski definition) is 8. The summed E-state index contributed by atoms with van der Waals surface area (Å²) in [5, 5.41) is 18.4. The number of aliphatic hydroxyl groups is 2. The van der Waals surface area contributed by atoms with Crippen LogP contribution < -0.4 is 0 Å². The van der Waals surface area contributed by atoms with Crippen LogP contribution in [0.2, 0.25) is 0 Å². The summed E-state index contributed by atoms with van der Waals surface area (Å²) in [6.07, 6.45) is 58.7. The van der Waals surface area contributed by atoms with Crippen molar-refractivity contribution in [1.29, 1.82) is 0 Å². The van der Waals surface area contributed by atoms with E-state index >= 15 is 0 Å². The summed E-state index contributed by atoms with van der Waals surface area (Å²) in [6, 6.07) is 0. The van der Waals surface area contributed by atoms with Crippen molar-refractivity contribution in [3.8, 4) is 0 Å². The summed E-state index contributed by atoms with van der Waals surface area (Å²) < 4.78 is 33.5. The van der Waals surface area contributed by atoms with Crippen molar-refractivity contribution >= 4 is 13.8 Å². The Balaban J connectivity index is 4.15. The third-order valence-corrected chi connectivity index (χ3v) is 11.3. The molecule has 3 unspecified atom stereocenters. The van der Waals surface area contributed by atoms with Crippen LogP contribution in [0.1, 0.15) is 206 Å². The molecule has 0 saturated heterocycles. The molecule has 360 valence electrons. The Kier molecular flexibility index (Phi) is 46.7. The van der Waals surface area contributed by atoms with Gasteiger partial charge in [-0.05, 0) is 83.5 Å². The first-order chi connectivity index (χ1) is 30.3. The molecule has 3 N–H and O–H groups in total. The Labute approximate surface area is 380 Å². The zero-order valence-electron chi connectivity index (χ0n) is 39.6. The van der Waals surface area contributed by atoms with E-state index in [0.29, 0.717) is 13.0 Å². The van der Waals surface area contributed by atoms with Gasteiger partial charge in [0, 0.05) is 13.0 Å². The van der Waals surface area contributed by atoms with Gasteiger partial charge < -0.3 is 24.6 Å². The zero-order chi connectivity index (χ0) is 45.3. The Morgan fingerprint density at radius 1 is 0.516 bits per heavy atom. The molecule has 0 aromatic rings. The summed E-state index contributed by atoms with van der Waals surface area (Å²) in [4.78, 5) is 22.7. The van der Waals surface area contributed by atoms with Gasteiger partial charge in [-0.25, -0.2) is 4.57 Å². The third kappa shape index (κ3) is 47.4. The van der Waals surface area contributed by atoms with Crippen molar-refractivity contribution in [2.45, 2.75) is 219 Å². The van der Waals surface area contributed by atoms with E-state index in [1.165, 1.54) is 109 Å². The molecule has 0 bridgehead atoms. The lowest BCUT2D eigenvalue weighted by Crippen LogP contribution is -2.29. The predicted molar refractivity (Wildman–Crippen MR) is 260 cm³/mol. The fourth-order valence-electron chi connectivity index (χ4n) is 6.61. The maximum absolute atomic E-state index is 12.7. The van der Waals surface area contributed by atoms with Crippen molar-refractivity contribution in [3.63, 3.8) is 0 Å². The number of hydrogen-bond donors (Lipinski definition) is 3. The summed E-state index contributed by atoms with van der Waals surface area (Å²) in [7, 11) is -4.54. The molecule has 0 aliphatic carbocycles. The number of esters is 1. The second kappa shape index (κ2) is 48.4. The smallest absolute Gasteiger partial charge is 0.457 e. The lowest BCUT2D eigenvalue weighted by molar-refractivity contribution is -0.154. The molecule has 0 aliphatic rings. The van der Waals surface area contributed by atoms with Gasteiger partial charge in [0.25, 0.3) is 0 Å². The molecule has 0 spiro atoms. The van der Waals surface area contributed by atoms with E-state index in [1.807, 2.05) is 0 Å². The number of ether oxygens (including phenoxy) is 2. The number of carbonyl (C=O) groups is 1. The lowest BCUT2D eigenvalue weighted by Gasteiger charge is -2.20. The second-order valence-electron chi connectivity index (χ2n) is 16.4. The first-order valence-electron chi connectivity index (χ1n) is 24.9. The lowest BCUT2D eigenvalue weighted by atomic mass is 10.1. The van der Waals surface area contributed by atoms with Gasteiger partial charge in [0.1, 0.15) is 12.2 Å². The average molecular weight is 893 g/mol. The van der Waals surface area contributed by atoms with E-state index in [2.05, 4.69) is 86.8 Å². The van der Waals surface area contributed by atoms with Gasteiger partial charge in [-0.15, -0.1) is 0 Å². The van der Waals surface area contributed by atoms with E-state index in [-0.39, 0.29) is 13.0 Å². The van der Waals surface area contributed by atoms with Crippen molar-refractivity contribution in [2.24, 2.45) is 0 Å². The summed E-state index contributed by atoms with van der Waals surface area (Å²) in [5.41, 5.74) is 0. The monoisotopic (exact) mass is 893 g/mol. The van der Waals surface area contributed by atoms with E-state index in [1.54, 1.807) is 0 Å². The van der Waals surface area contributed by atoms with Crippen molar-refractivity contribution in [3.05, 3.63) is 72.9 Å². The van der Waals surface area contributed by atoms with Crippen molar-refractivity contribution in [1.82, 2.24) is 0 Å². The fraction of sp³-hybridized carbons (Fsp3) is 0.750. The van der Waals surface area contributed by atoms with Crippen molar-refractivity contribution in [2.75, 3.05) is 33.0 Å². The Hall–Kier alpha value is -2.10. The Morgan fingerprint density at radius 3 is 1.40 bits per heavy atom. The number of allylic oxidation sites excluding steroid dienone is 12. The molecule has 9 nitrogen and oxygen atoms in total. The molecule has 0 heterocycles. The largest absolute Gasteiger partial charge is 0.472 e. The van der Waals surface area contributed by atoms with Gasteiger partial charge in [0.05, 0.1) is 26.4 Å². The number of aliphatic hydroxyl groups excluding tert-OH is 2. The molecular weight excluding hydrogens is 800 g/mol. The molecule has 0 saturated carbocycles. The highest BCUT2D eigenvalue weighted by atomic mass is 31.2. The van der Waals surface area contributed by atoms with Crippen LogP contribution in [0.5, 0.6) is 0 Å². The molecule has 0 fully saturated rings. The van der Waals surface area contributed by atoms with Gasteiger partial charge in [0.15, 0.2) is 0 Å². The molecular formula is C52H93O9P. The second-order valence-corrected chi connectivity index (χ2v) is 17.9. The molecule has 10 heteroatoms. The first kappa shape index (κ1) is 59.9. The Bertz CT molecular complexity index is 1190. The summed E-state index contributed by atoms with van der Waals surface area (Å²) in [6.45, 7) is 3.37. The van der Waals surface area contributed by atoms with Gasteiger partial charge in [-0.1, -0.05) is 189 Å². The van der Waals surface area contributed by atoms with Crippen LogP contribution in [0.4, 0.5) is 0 Å². The minimum Gasteiger partial charge on any atom is -0.457 e. The van der Waals surface area contributed by atoms with Crippen LogP contribution in [0, 0.1) is 0 Å². The van der Waals surface area contributed by atoms with Gasteiger partial charge in [-0.3, -0.25) is 13.8 Å². The SMILES string of the molecule is CC/C=C\C/C=C\C/C=C\C/C=C\C/C=C\CCCCCC(=O)OC(COCCCCCCCCCCCC/C=C\CCCCCCCCCC)COP(=O)(O)OCC(O)CO. The molecule has 0 aliphatic heterocycles. The Morgan fingerprint density at radius 2 is 0.919 bits per heavy atom. The molecule has 0 aromatic heterocycles. The first-order valence-corrected chi connectivity index (χ1v) is 26.4. The van der Waals surface area contributed by atoms with Gasteiger partial charge >= 0.3 is 13.8 Å². The van der Waals surface area contributed by atoms with Crippen LogP contribution in [0.3, 0.4) is 0 Å². The number of rotatable bonds is 47. The minimum absolute atomic E-state index is 0.0319.